The first-order chi connectivity index (χ1) is 10.5. The predicted molar refractivity (Wildman–Crippen MR) is 92.5 cm³/mol. The first-order valence-electron chi connectivity index (χ1n) is 6.52. The van der Waals surface area contributed by atoms with Crippen molar-refractivity contribution in [3.05, 3.63) is 44.7 Å². The fourth-order valence-electron chi connectivity index (χ4n) is 2.29. The summed E-state index contributed by atoms with van der Waals surface area (Å²) in [4.78, 5) is 8.56. The molecule has 0 fully saturated rings. The molecule has 1 atom stereocenters. The molecule has 22 heavy (non-hydrogen) atoms. The predicted octanol–water partition coefficient (Wildman–Crippen LogP) is 4.61. The summed E-state index contributed by atoms with van der Waals surface area (Å²) in [6, 6.07) is 5.50. The number of hydrogen-bond donors (Lipinski definition) is 1. The van der Waals surface area contributed by atoms with Crippen LogP contribution in [-0.4, -0.2) is 19.7 Å². The van der Waals surface area contributed by atoms with Gasteiger partial charge in [-0.05, 0) is 34.5 Å². The average molecular weight is 401 g/mol. The standard InChI is InChI=1S/C14H12BrCl2N5/c1-7(8-4-3-5-9(16)11(8)17)20-13-10-12(15)21-22(2)14(10)19-6-18-13/h3-7H,1-2H3,(H,18,19,20). The van der Waals surface area contributed by atoms with Crippen molar-refractivity contribution in [1.29, 1.82) is 0 Å². The maximum atomic E-state index is 6.28. The molecule has 0 bridgehead atoms. The van der Waals surface area contributed by atoms with Crippen molar-refractivity contribution in [3.8, 4) is 0 Å². The molecule has 3 aromatic rings. The van der Waals surface area contributed by atoms with Crippen LogP contribution in [0.3, 0.4) is 0 Å². The highest BCUT2D eigenvalue weighted by molar-refractivity contribution is 9.10. The number of nitrogens with one attached hydrogen (secondary N) is 1. The maximum Gasteiger partial charge on any atom is 0.164 e. The maximum absolute atomic E-state index is 6.28. The third-order valence-electron chi connectivity index (χ3n) is 3.38. The Morgan fingerprint density at radius 1 is 1.27 bits per heavy atom. The van der Waals surface area contributed by atoms with Gasteiger partial charge in [-0.2, -0.15) is 5.10 Å². The van der Waals surface area contributed by atoms with Crippen LogP contribution in [0.25, 0.3) is 11.0 Å². The van der Waals surface area contributed by atoms with E-state index in [1.807, 2.05) is 26.1 Å². The van der Waals surface area contributed by atoms with Crippen molar-refractivity contribution in [2.75, 3.05) is 5.32 Å². The molecule has 1 unspecified atom stereocenters. The molecule has 0 aliphatic carbocycles. The Kier molecular flexibility index (Phi) is 4.25. The first-order valence-corrected chi connectivity index (χ1v) is 8.07. The fraction of sp³-hybridized carbons (Fsp3) is 0.214. The van der Waals surface area contributed by atoms with Gasteiger partial charge in [0.05, 0.1) is 21.5 Å². The molecule has 0 aliphatic rings. The van der Waals surface area contributed by atoms with Gasteiger partial charge >= 0.3 is 0 Å². The second kappa shape index (κ2) is 6.02. The Hall–Kier alpha value is -1.37. The third-order valence-corrected chi connectivity index (χ3v) is 4.77. The normalized spacial score (nSPS) is 12.6. The lowest BCUT2D eigenvalue weighted by Crippen LogP contribution is -2.09. The Morgan fingerprint density at radius 2 is 2.05 bits per heavy atom. The van der Waals surface area contributed by atoms with Gasteiger partial charge in [0.1, 0.15) is 16.7 Å². The van der Waals surface area contributed by atoms with E-state index in [4.69, 9.17) is 23.2 Å². The monoisotopic (exact) mass is 399 g/mol. The minimum absolute atomic E-state index is 0.0728. The van der Waals surface area contributed by atoms with Crippen molar-refractivity contribution in [2.45, 2.75) is 13.0 Å². The summed E-state index contributed by atoms with van der Waals surface area (Å²) in [7, 11) is 1.83. The van der Waals surface area contributed by atoms with Gasteiger partial charge in [-0.15, -0.1) is 0 Å². The molecular weight excluding hydrogens is 389 g/mol. The molecule has 3 rings (SSSR count). The summed E-state index contributed by atoms with van der Waals surface area (Å²) in [6.45, 7) is 2.00. The minimum Gasteiger partial charge on any atom is -0.363 e. The number of halogens is 3. The summed E-state index contributed by atoms with van der Waals surface area (Å²) in [5.74, 6) is 0.688. The third kappa shape index (κ3) is 2.66. The number of fused-ring (bicyclic) bond motifs is 1. The molecule has 114 valence electrons. The van der Waals surface area contributed by atoms with E-state index in [9.17, 15) is 0 Å². The average Bonchev–Trinajstić information content (AvgIpc) is 2.78. The molecule has 0 spiro atoms. The van der Waals surface area contributed by atoms with Gasteiger partial charge in [-0.25, -0.2) is 14.6 Å². The highest BCUT2D eigenvalue weighted by atomic mass is 79.9. The van der Waals surface area contributed by atoms with Crippen LogP contribution in [0.2, 0.25) is 10.0 Å². The van der Waals surface area contributed by atoms with Gasteiger partial charge in [0.2, 0.25) is 0 Å². The second-order valence-corrected chi connectivity index (χ2v) is 6.38. The van der Waals surface area contributed by atoms with Gasteiger partial charge in [-0.3, -0.25) is 0 Å². The molecule has 2 aromatic heterocycles. The highest BCUT2D eigenvalue weighted by Gasteiger charge is 2.17. The van der Waals surface area contributed by atoms with Gasteiger partial charge < -0.3 is 5.32 Å². The molecule has 0 saturated carbocycles. The number of aromatic nitrogens is 4. The van der Waals surface area contributed by atoms with E-state index in [0.29, 0.717) is 20.5 Å². The lowest BCUT2D eigenvalue weighted by molar-refractivity contribution is 0.777. The van der Waals surface area contributed by atoms with E-state index in [-0.39, 0.29) is 6.04 Å². The number of rotatable bonds is 3. The second-order valence-electron chi connectivity index (χ2n) is 4.84. The molecule has 0 saturated heterocycles. The van der Waals surface area contributed by atoms with Gasteiger partial charge in [-0.1, -0.05) is 35.3 Å². The van der Waals surface area contributed by atoms with Crippen LogP contribution in [0.1, 0.15) is 18.5 Å². The SMILES string of the molecule is CC(Nc1ncnc2c1c(Br)nn2C)c1cccc(Cl)c1Cl. The van der Waals surface area contributed by atoms with Crippen molar-refractivity contribution in [2.24, 2.45) is 7.05 Å². The highest BCUT2D eigenvalue weighted by Crippen LogP contribution is 2.33. The van der Waals surface area contributed by atoms with E-state index in [1.165, 1.54) is 6.33 Å². The van der Waals surface area contributed by atoms with Crippen LogP contribution in [0.15, 0.2) is 29.1 Å². The van der Waals surface area contributed by atoms with Crippen molar-refractivity contribution in [3.63, 3.8) is 0 Å². The van der Waals surface area contributed by atoms with Gasteiger partial charge in [0, 0.05) is 7.05 Å². The quantitative estimate of drug-likeness (QED) is 0.697. The van der Waals surface area contributed by atoms with E-state index in [2.05, 4.69) is 36.3 Å². The Balaban J connectivity index is 2.01. The number of benzene rings is 1. The molecule has 1 N–H and O–H groups in total. The van der Waals surface area contributed by atoms with Crippen molar-refractivity contribution < 1.29 is 0 Å². The van der Waals surface area contributed by atoms with Crippen molar-refractivity contribution >= 4 is 56.0 Å². The molecule has 1 aromatic carbocycles. The van der Waals surface area contributed by atoms with Crippen LogP contribution in [0, 0.1) is 0 Å². The van der Waals surface area contributed by atoms with Crippen LogP contribution in [-0.2, 0) is 7.05 Å². The van der Waals surface area contributed by atoms with E-state index < -0.39 is 0 Å². The smallest absolute Gasteiger partial charge is 0.164 e. The zero-order valence-corrected chi connectivity index (χ0v) is 14.9. The number of aryl methyl sites for hydroxylation is 1. The summed E-state index contributed by atoms with van der Waals surface area (Å²) < 4.78 is 2.39. The summed E-state index contributed by atoms with van der Waals surface area (Å²) in [5.41, 5.74) is 1.65. The molecule has 2 heterocycles. The van der Waals surface area contributed by atoms with Crippen LogP contribution in [0.4, 0.5) is 5.82 Å². The molecule has 0 aliphatic heterocycles. The zero-order chi connectivity index (χ0) is 15.9. The molecule has 0 amide bonds. The first kappa shape index (κ1) is 15.5. The number of anilines is 1. The van der Waals surface area contributed by atoms with Crippen molar-refractivity contribution in [1.82, 2.24) is 19.7 Å². The minimum atomic E-state index is -0.0728. The Morgan fingerprint density at radius 3 is 2.82 bits per heavy atom. The number of nitrogens with zero attached hydrogens (tertiary/aromatic N) is 4. The van der Waals surface area contributed by atoms with E-state index in [0.717, 1.165) is 16.6 Å². The topological polar surface area (TPSA) is 55.6 Å². The molecule has 8 heteroatoms. The van der Waals surface area contributed by atoms with E-state index >= 15 is 0 Å². The zero-order valence-electron chi connectivity index (χ0n) is 11.8. The van der Waals surface area contributed by atoms with Crippen LogP contribution >= 0.6 is 39.1 Å². The lowest BCUT2D eigenvalue weighted by atomic mass is 10.1. The largest absolute Gasteiger partial charge is 0.363 e. The Bertz CT molecular complexity index is 849. The number of hydrogen-bond acceptors (Lipinski definition) is 4. The summed E-state index contributed by atoms with van der Waals surface area (Å²) in [6.07, 6.45) is 1.51. The molecular formula is C14H12BrCl2N5. The van der Waals surface area contributed by atoms with Gasteiger partial charge in [0.15, 0.2) is 5.65 Å². The van der Waals surface area contributed by atoms with Gasteiger partial charge in [0.25, 0.3) is 0 Å². The van der Waals surface area contributed by atoms with Crippen LogP contribution < -0.4 is 5.32 Å². The summed E-state index contributed by atoms with van der Waals surface area (Å²) >= 11 is 15.8. The van der Waals surface area contributed by atoms with E-state index in [1.54, 1.807) is 10.7 Å². The molecule has 0 radical (unpaired) electrons. The lowest BCUT2D eigenvalue weighted by Gasteiger charge is -2.17. The fourth-order valence-corrected chi connectivity index (χ4v) is 3.36. The molecule has 5 nitrogen and oxygen atoms in total. The van der Waals surface area contributed by atoms with Crippen LogP contribution in [0.5, 0.6) is 0 Å². The summed E-state index contributed by atoms with van der Waals surface area (Å²) in [5, 5.41) is 9.55. The Labute approximate surface area is 145 Å².